The van der Waals surface area contributed by atoms with E-state index >= 15 is 0 Å². The summed E-state index contributed by atoms with van der Waals surface area (Å²) in [6.07, 6.45) is -0.984. The van der Waals surface area contributed by atoms with Crippen molar-refractivity contribution in [2.75, 3.05) is 14.2 Å². The Bertz CT molecular complexity index is 429. The topological polar surface area (TPSA) is 55.4 Å². The Labute approximate surface area is 124 Å². The van der Waals surface area contributed by atoms with Crippen LogP contribution >= 0.6 is 0 Å². The first-order chi connectivity index (χ1) is 10.1. The maximum atomic E-state index is 6.26. The Morgan fingerprint density at radius 3 is 1.52 bits per heavy atom. The highest BCUT2D eigenvalue weighted by Crippen LogP contribution is 2.62. The van der Waals surface area contributed by atoms with Gasteiger partial charge in [0.1, 0.15) is 12.2 Å². The molecule has 5 rings (SSSR count). The summed E-state index contributed by atoms with van der Waals surface area (Å²) in [5.74, 6) is 1.99. The molecule has 10 atom stereocenters. The first-order valence-electron chi connectivity index (χ1n) is 7.87. The van der Waals surface area contributed by atoms with Gasteiger partial charge < -0.3 is 18.9 Å². The lowest BCUT2D eigenvalue weighted by Crippen LogP contribution is -2.52. The second-order valence-electron chi connectivity index (χ2n) is 7.08. The Kier molecular flexibility index (Phi) is 2.51. The van der Waals surface area contributed by atoms with E-state index in [0.717, 1.165) is 0 Å². The Hall–Kier alpha value is -0.240. The van der Waals surface area contributed by atoms with Crippen molar-refractivity contribution >= 4 is 0 Å². The average Bonchev–Trinajstić information content (AvgIpc) is 3.22. The molecule has 0 saturated carbocycles. The van der Waals surface area contributed by atoms with E-state index in [0.29, 0.717) is 23.7 Å². The molecule has 5 heterocycles. The monoisotopic (exact) mass is 298 g/mol. The zero-order valence-electron chi connectivity index (χ0n) is 12.7. The van der Waals surface area contributed by atoms with Gasteiger partial charge >= 0.3 is 6.16 Å². The summed E-state index contributed by atoms with van der Waals surface area (Å²) in [6.45, 7) is 4.57. The number of hydrogen-bond donors (Lipinski definition) is 0. The molecule has 6 heteroatoms. The molecule has 0 radical (unpaired) electrons. The molecule has 5 aliphatic heterocycles. The van der Waals surface area contributed by atoms with Gasteiger partial charge in [-0.15, -0.1) is 0 Å². The van der Waals surface area contributed by atoms with Crippen molar-refractivity contribution in [2.24, 2.45) is 23.7 Å². The third-order valence-electron chi connectivity index (χ3n) is 6.49. The Balaban J connectivity index is 1.48. The van der Waals surface area contributed by atoms with Gasteiger partial charge in [0.25, 0.3) is 0 Å². The molecule has 21 heavy (non-hydrogen) atoms. The van der Waals surface area contributed by atoms with Gasteiger partial charge in [0.15, 0.2) is 0 Å². The molecule has 5 fully saturated rings. The molecule has 0 aromatic heterocycles. The normalized spacial score (nSPS) is 62.3. The van der Waals surface area contributed by atoms with E-state index < -0.39 is 6.16 Å². The smallest absolute Gasteiger partial charge is 0.374 e. The van der Waals surface area contributed by atoms with Crippen LogP contribution in [0.2, 0.25) is 0 Å². The SMILES string of the molecule is COC1(OC)OC2C(O1)C1OC2C2C3OC(C(C)C3C)C12. The summed E-state index contributed by atoms with van der Waals surface area (Å²) >= 11 is 0. The number of ether oxygens (including phenoxy) is 6. The van der Waals surface area contributed by atoms with Gasteiger partial charge in [0, 0.05) is 26.1 Å². The molecule has 0 N–H and O–H groups in total. The van der Waals surface area contributed by atoms with Crippen molar-refractivity contribution in [3.8, 4) is 0 Å². The summed E-state index contributed by atoms with van der Waals surface area (Å²) in [4.78, 5) is 0. The summed E-state index contributed by atoms with van der Waals surface area (Å²) in [7, 11) is 3.07. The molecule has 0 spiro atoms. The van der Waals surface area contributed by atoms with Gasteiger partial charge in [-0.25, -0.2) is 0 Å². The minimum atomic E-state index is -1.37. The van der Waals surface area contributed by atoms with Crippen LogP contribution in [0.4, 0.5) is 0 Å². The predicted octanol–water partition coefficient (Wildman–Crippen LogP) is 0.741. The third-order valence-corrected chi connectivity index (χ3v) is 6.49. The molecule has 6 nitrogen and oxygen atoms in total. The van der Waals surface area contributed by atoms with Crippen molar-refractivity contribution in [1.29, 1.82) is 0 Å². The molecule has 10 unspecified atom stereocenters. The predicted molar refractivity (Wildman–Crippen MR) is 69.1 cm³/mol. The van der Waals surface area contributed by atoms with E-state index in [1.165, 1.54) is 14.2 Å². The molecule has 0 amide bonds. The van der Waals surface area contributed by atoms with Crippen LogP contribution in [0.1, 0.15) is 13.8 Å². The average molecular weight is 298 g/mol. The van der Waals surface area contributed by atoms with Crippen LogP contribution in [0, 0.1) is 23.7 Å². The molecule has 118 valence electrons. The molecule has 0 aromatic carbocycles. The van der Waals surface area contributed by atoms with Crippen LogP contribution in [-0.4, -0.2) is 57.0 Å². The summed E-state index contributed by atoms with van der Waals surface area (Å²) in [5, 5.41) is 0. The van der Waals surface area contributed by atoms with Gasteiger partial charge in [-0.1, -0.05) is 13.8 Å². The third kappa shape index (κ3) is 1.36. The first kappa shape index (κ1) is 13.2. The van der Waals surface area contributed by atoms with Crippen molar-refractivity contribution < 1.29 is 28.4 Å². The highest BCUT2D eigenvalue weighted by atomic mass is 17.0. The standard InChI is InChI=1S/C15H22O6/c1-5-6(2)10-8-7(9(5)18-10)11-13-14(12(8)19-11)21-15(16-3,17-4)20-13/h5-14H,1-4H3. The van der Waals surface area contributed by atoms with Crippen molar-refractivity contribution in [3.05, 3.63) is 0 Å². The Morgan fingerprint density at radius 1 is 0.667 bits per heavy atom. The van der Waals surface area contributed by atoms with Crippen LogP contribution in [0.5, 0.6) is 0 Å². The number of methoxy groups -OCH3 is 2. The fourth-order valence-corrected chi connectivity index (χ4v) is 5.39. The lowest BCUT2D eigenvalue weighted by Gasteiger charge is -2.38. The first-order valence-corrected chi connectivity index (χ1v) is 7.87. The van der Waals surface area contributed by atoms with Crippen LogP contribution in [-0.2, 0) is 28.4 Å². The largest absolute Gasteiger partial charge is 0.413 e. The lowest BCUT2D eigenvalue weighted by molar-refractivity contribution is -0.462. The van der Waals surface area contributed by atoms with Crippen molar-refractivity contribution in [2.45, 2.75) is 56.6 Å². The van der Waals surface area contributed by atoms with E-state index in [1.54, 1.807) is 0 Å². The minimum Gasteiger partial charge on any atom is -0.374 e. The highest BCUT2D eigenvalue weighted by Gasteiger charge is 2.75. The fourth-order valence-electron chi connectivity index (χ4n) is 5.39. The molecule has 4 bridgehead atoms. The zero-order valence-corrected chi connectivity index (χ0v) is 12.7. The van der Waals surface area contributed by atoms with Crippen molar-refractivity contribution in [3.63, 3.8) is 0 Å². The molecule has 5 saturated heterocycles. The van der Waals surface area contributed by atoms with Gasteiger partial charge in [-0.2, -0.15) is 0 Å². The van der Waals surface area contributed by atoms with Crippen LogP contribution < -0.4 is 0 Å². The van der Waals surface area contributed by atoms with Crippen molar-refractivity contribution in [1.82, 2.24) is 0 Å². The van der Waals surface area contributed by atoms with Gasteiger partial charge in [0.2, 0.25) is 0 Å². The second-order valence-corrected chi connectivity index (χ2v) is 7.08. The molecule has 0 aliphatic carbocycles. The number of fused-ring (bicyclic) bond motifs is 12. The molecule has 0 aromatic rings. The van der Waals surface area contributed by atoms with E-state index in [4.69, 9.17) is 28.4 Å². The zero-order chi connectivity index (χ0) is 14.5. The minimum absolute atomic E-state index is 0.0297. The second kappa shape index (κ2) is 3.99. The van der Waals surface area contributed by atoms with Crippen LogP contribution in [0.3, 0.4) is 0 Å². The van der Waals surface area contributed by atoms with Gasteiger partial charge in [0.05, 0.1) is 24.4 Å². The van der Waals surface area contributed by atoms with Crippen LogP contribution in [0.25, 0.3) is 0 Å². The quantitative estimate of drug-likeness (QED) is 0.701. The summed E-state index contributed by atoms with van der Waals surface area (Å²) in [5.41, 5.74) is 0. The van der Waals surface area contributed by atoms with Gasteiger partial charge in [-0.05, 0) is 11.8 Å². The molecular formula is C15H22O6. The van der Waals surface area contributed by atoms with E-state index in [2.05, 4.69) is 13.8 Å². The number of rotatable bonds is 2. The summed E-state index contributed by atoms with van der Waals surface area (Å²) < 4.78 is 34.9. The number of hydrogen-bond acceptors (Lipinski definition) is 6. The highest BCUT2D eigenvalue weighted by molar-refractivity contribution is 5.19. The summed E-state index contributed by atoms with van der Waals surface area (Å²) in [6, 6.07) is 0. The fraction of sp³-hybridized carbons (Fsp3) is 1.00. The van der Waals surface area contributed by atoms with E-state index in [-0.39, 0.29) is 36.6 Å². The van der Waals surface area contributed by atoms with Crippen LogP contribution in [0.15, 0.2) is 0 Å². The maximum absolute atomic E-state index is 6.26. The maximum Gasteiger partial charge on any atom is 0.413 e. The van der Waals surface area contributed by atoms with E-state index in [1.807, 2.05) is 0 Å². The van der Waals surface area contributed by atoms with E-state index in [9.17, 15) is 0 Å². The molecular weight excluding hydrogens is 276 g/mol. The Morgan fingerprint density at radius 2 is 1.10 bits per heavy atom. The lowest BCUT2D eigenvalue weighted by atomic mass is 9.63. The molecule has 5 aliphatic rings. The van der Waals surface area contributed by atoms with Gasteiger partial charge in [-0.3, -0.25) is 9.47 Å².